The maximum atomic E-state index is 11.9. The maximum Gasteiger partial charge on any atom is 0.224 e. The van der Waals surface area contributed by atoms with E-state index in [2.05, 4.69) is 5.32 Å². The van der Waals surface area contributed by atoms with E-state index >= 15 is 0 Å². The van der Waals surface area contributed by atoms with Crippen LogP contribution in [0.1, 0.15) is 12.0 Å². The van der Waals surface area contributed by atoms with Gasteiger partial charge in [0.1, 0.15) is 5.75 Å². The van der Waals surface area contributed by atoms with Gasteiger partial charge in [0.25, 0.3) is 0 Å². The Kier molecular flexibility index (Phi) is 4.55. The smallest absolute Gasteiger partial charge is 0.224 e. The third-order valence-corrected chi connectivity index (χ3v) is 5.33. The first kappa shape index (κ1) is 15.1. The molecule has 7 heteroatoms. The van der Waals surface area contributed by atoms with Gasteiger partial charge < -0.3 is 10.1 Å². The maximum absolute atomic E-state index is 11.9. The molecule has 1 aromatic rings. The zero-order chi connectivity index (χ0) is 14.8. The van der Waals surface area contributed by atoms with Gasteiger partial charge in [-0.2, -0.15) is 0 Å². The molecule has 0 bridgehead atoms. The zero-order valence-corrected chi connectivity index (χ0v) is 12.6. The number of carbonyl (C=O) groups excluding carboxylic acids is 1. The molecule has 0 spiro atoms. The van der Waals surface area contributed by atoms with Crippen LogP contribution in [0.25, 0.3) is 0 Å². The van der Waals surface area contributed by atoms with Gasteiger partial charge in [0, 0.05) is 11.1 Å². The van der Waals surface area contributed by atoms with E-state index in [0.717, 1.165) is 0 Å². The number of amides is 1. The fraction of sp³-hybridized carbons (Fsp3) is 0.462. The summed E-state index contributed by atoms with van der Waals surface area (Å²) < 4.78 is 27.7. The highest BCUT2D eigenvalue weighted by atomic mass is 35.5. The molecule has 1 heterocycles. The summed E-state index contributed by atoms with van der Waals surface area (Å²) in [5, 5.41) is 3.19. The molecule has 1 N–H and O–H groups in total. The third kappa shape index (κ3) is 3.86. The first-order valence-corrected chi connectivity index (χ1v) is 8.42. The van der Waals surface area contributed by atoms with Gasteiger partial charge in [-0.05, 0) is 24.1 Å². The summed E-state index contributed by atoms with van der Waals surface area (Å²) >= 11 is 6.06. The molecule has 1 aromatic carbocycles. The quantitative estimate of drug-likeness (QED) is 0.905. The fourth-order valence-corrected chi connectivity index (χ4v) is 4.07. The van der Waals surface area contributed by atoms with Gasteiger partial charge in [0.05, 0.1) is 25.0 Å². The number of carbonyl (C=O) groups is 1. The highest BCUT2D eigenvalue weighted by molar-refractivity contribution is 7.91. The number of sulfone groups is 1. The molecule has 0 radical (unpaired) electrons. The van der Waals surface area contributed by atoms with E-state index in [4.69, 9.17) is 16.3 Å². The Morgan fingerprint density at radius 2 is 2.25 bits per heavy atom. The van der Waals surface area contributed by atoms with E-state index in [1.54, 1.807) is 25.3 Å². The van der Waals surface area contributed by atoms with Crippen molar-refractivity contribution in [3.05, 3.63) is 28.8 Å². The van der Waals surface area contributed by atoms with Gasteiger partial charge in [0.15, 0.2) is 9.84 Å². The van der Waals surface area contributed by atoms with Crippen molar-refractivity contribution >= 4 is 27.3 Å². The average molecular weight is 318 g/mol. The summed E-state index contributed by atoms with van der Waals surface area (Å²) in [4.78, 5) is 11.9. The number of ether oxygens (including phenoxy) is 1. The van der Waals surface area contributed by atoms with Crippen molar-refractivity contribution in [2.24, 2.45) is 0 Å². The van der Waals surface area contributed by atoms with Crippen molar-refractivity contribution in [3.63, 3.8) is 0 Å². The molecular formula is C13H16ClNO4S. The molecule has 2 rings (SSSR count). The minimum Gasteiger partial charge on any atom is -0.497 e. The van der Waals surface area contributed by atoms with E-state index in [1.807, 2.05) is 0 Å². The summed E-state index contributed by atoms with van der Waals surface area (Å²) in [5.74, 6) is 0.566. The first-order valence-electron chi connectivity index (χ1n) is 6.22. The lowest BCUT2D eigenvalue weighted by Gasteiger charge is -2.11. The summed E-state index contributed by atoms with van der Waals surface area (Å²) in [6, 6.07) is 4.81. The summed E-state index contributed by atoms with van der Waals surface area (Å²) in [6.07, 6.45) is 0.601. The Morgan fingerprint density at radius 3 is 2.80 bits per heavy atom. The highest BCUT2D eigenvalue weighted by Crippen LogP contribution is 2.23. The van der Waals surface area contributed by atoms with Crippen LogP contribution in [0.5, 0.6) is 5.75 Å². The van der Waals surface area contributed by atoms with Crippen LogP contribution in [0.4, 0.5) is 0 Å². The monoisotopic (exact) mass is 317 g/mol. The predicted octanol–water partition coefficient (Wildman–Crippen LogP) is 1.19. The number of hydrogen-bond acceptors (Lipinski definition) is 4. The number of benzene rings is 1. The van der Waals surface area contributed by atoms with E-state index in [0.29, 0.717) is 22.8 Å². The third-order valence-electron chi connectivity index (χ3n) is 3.21. The molecule has 110 valence electrons. The van der Waals surface area contributed by atoms with Gasteiger partial charge in [-0.15, -0.1) is 0 Å². The second kappa shape index (κ2) is 6.01. The molecule has 1 amide bonds. The van der Waals surface area contributed by atoms with E-state index < -0.39 is 9.84 Å². The molecule has 1 unspecified atom stereocenters. The minimum atomic E-state index is -2.99. The minimum absolute atomic E-state index is 0.0229. The molecule has 1 saturated heterocycles. The number of methoxy groups -OCH3 is 1. The topological polar surface area (TPSA) is 72.5 Å². The second-order valence-electron chi connectivity index (χ2n) is 4.80. The average Bonchev–Trinajstić information content (AvgIpc) is 2.71. The molecule has 1 aliphatic rings. The summed E-state index contributed by atoms with van der Waals surface area (Å²) in [6.45, 7) is 0. The normalized spacial score (nSPS) is 20.6. The van der Waals surface area contributed by atoms with Crippen LogP contribution in [0.2, 0.25) is 5.02 Å². The Hall–Kier alpha value is -1.27. The molecule has 0 aliphatic carbocycles. The lowest BCUT2D eigenvalue weighted by Crippen LogP contribution is -2.36. The number of nitrogens with one attached hydrogen (secondary N) is 1. The van der Waals surface area contributed by atoms with Crippen molar-refractivity contribution in [2.45, 2.75) is 18.9 Å². The fourth-order valence-electron chi connectivity index (χ4n) is 2.16. The van der Waals surface area contributed by atoms with E-state index in [9.17, 15) is 13.2 Å². The van der Waals surface area contributed by atoms with Crippen LogP contribution in [0, 0.1) is 0 Å². The largest absolute Gasteiger partial charge is 0.497 e. The standard InChI is InChI=1S/C13H16ClNO4S/c1-19-11-3-2-9(12(14)7-11)6-13(16)15-10-4-5-20(17,18)8-10/h2-3,7,10H,4-6,8H2,1H3,(H,15,16). The Balaban J connectivity index is 1.95. The molecule has 0 aromatic heterocycles. The van der Waals surface area contributed by atoms with Crippen molar-refractivity contribution in [2.75, 3.05) is 18.6 Å². The molecule has 1 atom stereocenters. The van der Waals surface area contributed by atoms with Gasteiger partial charge in [-0.25, -0.2) is 8.42 Å². The van der Waals surface area contributed by atoms with Crippen LogP contribution in [0.3, 0.4) is 0 Å². The van der Waals surface area contributed by atoms with Crippen LogP contribution in [-0.2, 0) is 21.1 Å². The Bertz CT molecular complexity index is 615. The number of hydrogen-bond donors (Lipinski definition) is 1. The molecule has 0 saturated carbocycles. The SMILES string of the molecule is COc1ccc(CC(=O)NC2CCS(=O)(=O)C2)c(Cl)c1. The van der Waals surface area contributed by atoms with Crippen molar-refractivity contribution in [3.8, 4) is 5.75 Å². The molecular weight excluding hydrogens is 302 g/mol. The zero-order valence-electron chi connectivity index (χ0n) is 11.1. The van der Waals surface area contributed by atoms with Crippen molar-refractivity contribution in [1.29, 1.82) is 0 Å². The highest BCUT2D eigenvalue weighted by Gasteiger charge is 2.28. The lowest BCUT2D eigenvalue weighted by molar-refractivity contribution is -0.121. The number of halogens is 1. The molecule has 1 fully saturated rings. The van der Waals surface area contributed by atoms with Crippen LogP contribution < -0.4 is 10.1 Å². The van der Waals surface area contributed by atoms with Gasteiger partial charge >= 0.3 is 0 Å². The molecule has 1 aliphatic heterocycles. The van der Waals surface area contributed by atoms with Crippen molar-refractivity contribution < 1.29 is 17.9 Å². The summed E-state index contributed by atoms with van der Waals surface area (Å²) in [7, 11) is -1.45. The first-order chi connectivity index (χ1) is 9.39. The molecule has 5 nitrogen and oxygen atoms in total. The number of rotatable bonds is 4. The molecule has 20 heavy (non-hydrogen) atoms. The summed E-state index contributed by atoms with van der Waals surface area (Å²) in [5.41, 5.74) is 0.686. The van der Waals surface area contributed by atoms with Crippen LogP contribution in [0.15, 0.2) is 18.2 Å². The van der Waals surface area contributed by atoms with Gasteiger partial charge in [-0.1, -0.05) is 17.7 Å². The predicted molar refractivity (Wildman–Crippen MR) is 76.9 cm³/mol. The second-order valence-corrected chi connectivity index (χ2v) is 7.44. The van der Waals surface area contributed by atoms with Gasteiger partial charge in [0.2, 0.25) is 5.91 Å². The lowest BCUT2D eigenvalue weighted by atomic mass is 10.1. The van der Waals surface area contributed by atoms with Crippen molar-refractivity contribution in [1.82, 2.24) is 5.32 Å². The van der Waals surface area contributed by atoms with E-state index in [1.165, 1.54) is 0 Å². The van der Waals surface area contributed by atoms with Crippen LogP contribution in [-0.4, -0.2) is 39.0 Å². The van der Waals surface area contributed by atoms with Crippen LogP contribution >= 0.6 is 11.6 Å². The Labute approximate surface area is 123 Å². The van der Waals surface area contributed by atoms with Gasteiger partial charge in [-0.3, -0.25) is 4.79 Å². The van der Waals surface area contributed by atoms with E-state index in [-0.39, 0.29) is 29.9 Å². The Morgan fingerprint density at radius 1 is 1.50 bits per heavy atom.